The standard InChI is InChI=1S/C16H16Cl2N2O/c1-2-3-4-11-5-7-12(8-6-11)19-16(21)15-13(17)9-10-14(18)20-15/h5-10H,2-4H2,1H3,(H,19,21). The number of hydrogen-bond acceptors (Lipinski definition) is 2. The van der Waals surface area contributed by atoms with Crippen LogP contribution in [-0.4, -0.2) is 10.9 Å². The van der Waals surface area contributed by atoms with E-state index in [0.29, 0.717) is 5.69 Å². The molecule has 1 amide bonds. The fourth-order valence-electron chi connectivity index (χ4n) is 1.90. The number of halogens is 2. The number of carbonyl (C=O) groups excluding carboxylic acids is 1. The lowest BCUT2D eigenvalue weighted by atomic mass is 10.1. The fraction of sp³-hybridized carbons (Fsp3) is 0.250. The van der Waals surface area contributed by atoms with Crippen LogP contribution in [0.25, 0.3) is 0 Å². The minimum absolute atomic E-state index is 0.124. The summed E-state index contributed by atoms with van der Waals surface area (Å²) in [6, 6.07) is 10.9. The smallest absolute Gasteiger partial charge is 0.275 e. The lowest BCUT2D eigenvalue weighted by molar-refractivity contribution is 0.102. The minimum Gasteiger partial charge on any atom is -0.321 e. The summed E-state index contributed by atoms with van der Waals surface area (Å²) in [5.41, 5.74) is 2.09. The first-order valence-electron chi connectivity index (χ1n) is 6.82. The number of aryl methyl sites for hydroxylation is 1. The Hall–Kier alpha value is -1.58. The van der Waals surface area contributed by atoms with E-state index in [9.17, 15) is 4.79 Å². The Morgan fingerprint density at radius 2 is 1.86 bits per heavy atom. The van der Waals surface area contributed by atoms with E-state index in [1.54, 1.807) is 12.1 Å². The van der Waals surface area contributed by atoms with Crippen LogP contribution in [0, 0.1) is 0 Å². The van der Waals surface area contributed by atoms with Gasteiger partial charge in [-0.1, -0.05) is 48.7 Å². The number of anilines is 1. The van der Waals surface area contributed by atoms with Crippen molar-refractivity contribution in [2.24, 2.45) is 0 Å². The summed E-state index contributed by atoms with van der Waals surface area (Å²) in [5.74, 6) is -0.371. The molecule has 1 N–H and O–H groups in total. The summed E-state index contributed by atoms with van der Waals surface area (Å²) in [4.78, 5) is 16.1. The van der Waals surface area contributed by atoms with E-state index in [-0.39, 0.29) is 21.8 Å². The molecule has 21 heavy (non-hydrogen) atoms. The molecule has 0 saturated heterocycles. The average Bonchev–Trinajstić information content (AvgIpc) is 2.49. The Morgan fingerprint density at radius 3 is 2.52 bits per heavy atom. The highest BCUT2D eigenvalue weighted by Crippen LogP contribution is 2.19. The number of nitrogens with one attached hydrogen (secondary N) is 1. The normalized spacial score (nSPS) is 10.4. The molecule has 0 radical (unpaired) electrons. The molecule has 0 fully saturated rings. The third kappa shape index (κ3) is 4.45. The molecule has 0 aliphatic rings. The van der Waals surface area contributed by atoms with Gasteiger partial charge in [-0.3, -0.25) is 4.79 Å². The van der Waals surface area contributed by atoms with Crippen molar-refractivity contribution >= 4 is 34.8 Å². The zero-order valence-corrected chi connectivity index (χ0v) is 13.2. The molecule has 3 nitrogen and oxygen atoms in total. The number of amides is 1. The number of hydrogen-bond donors (Lipinski definition) is 1. The lowest BCUT2D eigenvalue weighted by Gasteiger charge is -2.07. The molecule has 0 bridgehead atoms. The highest BCUT2D eigenvalue weighted by molar-refractivity contribution is 6.35. The topological polar surface area (TPSA) is 42.0 Å². The molecule has 0 unspecified atom stereocenters. The van der Waals surface area contributed by atoms with Gasteiger partial charge in [0, 0.05) is 5.69 Å². The Bertz CT molecular complexity index is 627. The maximum absolute atomic E-state index is 12.1. The largest absolute Gasteiger partial charge is 0.321 e. The Kier molecular flexibility index (Phi) is 5.59. The summed E-state index contributed by atoms with van der Waals surface area (Å²) in [6.45, 7) is 2.16. The predicted octanol–water partition coefficient (Wildman–Crippen LogP) is 4.98. The summed E-state index contributed by atoms with van der Waals surface area (Å²) in [5, 5.41) is 3.28. The molecule has 2 rings (SSSR count). The molecule has 5 heteroatoms. The van der Waals surface area contributed by atoms with Crippen LogP contribution in [0.5, 0.6) is 0 Å². The van der Waals surface area contributed by atoms with E-state index >= 15 is 0 Å². The number of pyridine rings is 1. The Labute approximate surface area is 134 Å². The van der Waals surface area contributed by atoms with Crippen molar-refractivity contribution in [2.45, 2.75) is 26.2 Å². The summed E-state index contributed by atoms with van der Waals surface area (Å²) < 4.78 is 0. The highest BCUT2D eigenvalue weighted by atomic mass is 35.5. The maximum atomic E-state index is 12.1. The van der Waals surface area contributed by atoms with E-state index in [1.165, 1.54) is 5.56 Å². The van der Waals surface area contributed by atoms with Gasteiger partial charge in [-0.05, 0) is 42.7 Å². The number of carbonyl (C=O) groups is 1. The van der Waals surface area contributed by atoms with Gasteiger partial charge in [-0.25, -0.2) is 4.98 Å². The quantitative estimate of drug-likeness (QED) is 0.788. The van der Waals surface area contributed by atoms with Gasteiger partial charge in [-0.15, -0.1) is 0 Å². The maximum Gasteiger partial charge on any atom is 0.275 e. The van der Waals surface area contributed by atoms with Gasteiger partial charge < -0.3 is 5.32 Å². The molecular weight excluding hydrogens is 307 g/mol. The van der Waals surface area contributed by atoms with Crippen molar-refractivity contribution in [3.8, 4) is 0 Å². The van der Waals surface area contributed by atoms with Gasteiger partial charge in [0.2, 0.25) is 0 Å². The molecule has 0 aliphatic carbocycles. The van der Waals surface area contributed by atoms with Crippen LogP contribution < -0.4 is 5.32 Å². The second-order valence-electron chi connectivity index (χ2n) is 4.72. The van der Waals surface area contributed by atoms with Gasteiger partial charge in [-0.2, -0.15) is 0 Å². The van der Waals surface area contributed by atoms with Gasteiger partial charge >= 0.3 is 0 Å². The number of unbranched alkanes of at least 4 members (excludes halogenated alkanes) is 1. The second kappa shape index (κ2) is 7.43. The number of aromatic nitrogens is 1. The van der Waals surface area contributed by atoms with Crippen molar-refractivity contribution in [2.75, 3.05) is 5.32 Å². The van der Waals surface area contributed by atoms with Gasteiger partial charge in [0.15, 0.2) is 0 Å². The molecule has 1 aromatic heterocycles. The Morgan fingerprint density at radius 1 is 1.14 bits per heavy atom. The van der Waals surface area contributed by atoms with Crippen LogP contribution in [0.2, 0.25) is 10.2 Å². The molecule has 110 valence electrons. The molecule has 0 saturated carbocycles. The van der Waals surface area contributed by atoms with Crippen LogP contribution in [0.1, 0.15) is 35.8 Å². The third-order valence-corrected chi connectivity index (χ3v) is 3.57. The molecule has 0 atom stereocenters. The molecule has 2 aromatic rings. The van der Waals surface area contributed by atoms with Crippen LogP contribution in [0.3, 0.4) is 0 Å². The van der Waals surface area contributed by atoms with Crippen molar-refractivity contribution in [1.29, 1.82) is 0 Å². The van der Waals surface area contributed by atoms with Crippen LogP contribution >= 0.6 is 23.2 Å². The lowest BCUT2D eigenvalue weighted by Crippen LogP contribution is -2.14. The molecule has 0 spiro atoms. The van der Waals surface area contributed by atoms with E-state index in [4.69, 9.17) is 23.2 Å². The first-order valence-corrected chi connectivity index (χ1v) is 7.58. The second-order valence-corrected chi connectivity index (χ2v) is 5.51. The SMILES string of the molecule is CCCCc1ccc(NC(=O)c2nc(Cl)ccc2Cl)cc1. The van der Waals surface area contributed by atoms with Crippen LogP contribution in [0.4, 0.5) is 5.69 Å². The van der Waals surface area contributed by atoms with Crippen molar-refractivity contribution < 1.29 is 4.79 Å². The number of benzene rings is 1. The van der Waals surface area contributed by atoms with Gasteiger partial charge in [0.1, 0.15) is 10.8 Å². The molecule has 1 heterocycles. The summed E-state index contributed by atoms with van der Waals surface area (Å²) in [7, 11) is 0. The third-order valence-electron chi connectivity index (χ3n) is 3.06. The van der Waals surface area contributed by atoms with Crippen LogP contribution in [-0.2, 0) is 6.42 Å². The van der Waals surface area contributed by atoms with E-state index in [0.717, 1.165) is 19.3 Å². The zero-order valence-electron chi connectivity index (χ0n) is 11.7. The van der Waals surface area contributed by atoms with Gasteiger partial charge in [0.25, 0.3) is 5.91 Å². The fourth-order valence-corrected chi connectivity index (χ4v) is 2.24. The first-order chi connectivity index (χ1) is 10.1. The first kappa shape index (κ1) is 15.8. The highest BCUT2D eigenvalue weighted by Gasteiger charge is 2.13. The predicted molar refractivity (Wildman–Crippen MR) is 87.3 cm³/mol. The minimum atomic E-state index is -0.371. The summed E-state index contributed by atoms with van der Waals surface area (Å²) >= 11 is 11.7. The van der Waals surface area contributed by atoms with E-state index in [1.807, 2.05) is 24.3 Å². The number of rotatable bonds is 5. The average molecular weight is 323 g/mol. The van der Waals surface area contributed by atoms with Crippen molar-refractivity contribution in [1.82, 2.24) is 4.98 Å². The van der Waals surface area contributed by atoms with Crippen molar-refractivity contribution in [3.63, 3.8) is 0 Å². The van der Waals surface area contributed by atoms with Gasteiger partial charge in [0.05, 0.1) is 5.02 Å². The molecular formula is C16H16Cl2N2O. The monoisotopic (exact) mass is 322 g/mol. The Balaban J connectivity index is 2.07. The van der Waals surface area contributed by atoms with Crippen molar-refractivity contribution in [3.05, 3.63) is 57.8 Å². The van der Waals surface area contributed by atoms with E-state index in [2.05, 4.69) is 17.2 Å². The molecule has 1 aromatic carbocycles. The van der Waals surface area contributed by atoms with E-state index < -0.39 is 0 Å². The number of nitrogens with zero attached hydrogens (tertiary/aromatic N) is 1. The van der Waals surface area contributed by atoms with Crippen LogP contribution in [0.15, 0.2) is 36.4 Å². The summed E-state index contributed by atoms with van der Waals surface area (Å²) in [6.07, 6.45) is 3.37. The molecule has 0 aliphatic heterocycles. The zero-order chi connectivity index (χ0) is 15.2.